The Balaban J connectivity index is 2.03. The lowest BCUT2D eigenvalue weighted by atomic mass is 10.2. The summed E-state index contributed by atoms with van der Waals surface area (Å²) in [5, 5.41) is 16.7. The van der Waals surface area contributed by atoms with E-state index in [9.17, 15) is 9.60 Å². The van der Waals surface area contributed by atoms with Crippen molar-refractivity contribution in [3.05, 3.63) is 70.5 Å². The molecule has 0 aliphatic heterocycles. The predicted octanol–water partition coefficient (Wildman–Crippen LogP) is 3.58. The van der Waals surface area contributed by atoms with E-state index in [1.807, 2.05) is 32.9 Å². The van der Waals surface area contributed by atoms with Crippen molar-refractivity contribution in [2.24, 2.45) is 0 Å². The number of hydrogen-bond acceptors (Lipinski definition) is 3. The second kappa shape index (κ2) is 6.93. The van der Waals surface area contributed by atoms with Crippen LogP contribution < -0.4 is 9.58 Å². The number of allylic oxidation sites excluding steroid dienone is 2. The van der Waals surface area contributed by atoms with Gasteiger partial charge in [0, 0.05) is 12.2 Å². The third kappa shape index (κ3) is 3.33. The van der Waals surface area contributed by atoms with Crippen LogP contribution in [0.1, 0.15) is 23.7 Å². The monoisotopic (exact) mass is 341 g/mol. The summed E-state index contributed by atoms with van der Waals surface area (Å²) in [7, 11) is 0. The number of rotatable bonds is 5. The van der Waals surface area contributed by atoms with Gasteiger partial charge in [-0.1, -0.05) is 29.1 Å². The van der Waals surface area contributed by atoms with Crippen molar-refractivity contribution in [3.8, 4) is 5.88 Å². The Kier molecular flexibility index (Phi) is 4.70. The Labute approximate surface area is 145 Å². The van der Waals surface area contributed by atoms with Crippen LogP contribution in [0, 0.1) is 24.9 Å². The molecule has 2 heterocycles. The van der Waals surface area contributed by atoms with Gasteiger partial charge in [0.1, 0.15) is 17.9 Å². The maximum absolute atomic E-state index is 13.0. The summed E-state index contributed by atoms with van der Waals surface area (Å²) in [5.74, 6) is -0.0228. The molecule has 0 saturated heterocycles. The van der Waals surface area contributed by atoms with Crippen molar-refractivity contribution in [3.63, 3.8) is 0 Å². The molecule has 0 N–H and O–H groups in total. The van der Waals surface area contributed by atoms with Crippen LogP contribution >= 0.6 is 0 Å². The first kappa shape index (κ1) is 17.0. The highest BCUT2D eigenvalue weighted by Gasteiger charge is 2.20. The molecule has 6 heteroatoms. The minimum absolute atomic E-state index is 0.208. The van der Waals surface area contributed by atoms with Crippen LogP contribution in [0.4, 0.5) is 4.39 Å². The van der Waals surface area contributed by atoms with E-state index in [1.165, 1.54) is 18.3 Å². The second-order valence-corrected chi connectivity index (χ2v) is 5.90. The van der Waals surface area contributed by atoms with E-state index in [0.29, 0.717) is 11.4 Å². The highest BCUT2D eigenvalue weighted by Crippen LogP contribution is 2.30. The fourth-order valence-corrected chi connectivity index (χ4v) is 2.82. The smallest absolute Gasteiger partial charge is 0.305 e. The number of hydrogen-bond donors (Lipinski definition) is 0. The van der Waals surface area contributed by atoms with Gasteiger partial charge in [-0.2, -0.15) is 0 Å². The number of ether oxygens (including phenoxy) is 1. The van der Waals surface area contributed by atoms with Gasteiger partial charge in [-0.05, 0) is 44.0 Å². The van der Waals surface area contributed by atoms with Crippen LogP contribution in [0.25, 0.3) is 10.9 Å². The number of halogens is 1. The molecule has 0 saturated carbocycles. The lowest BCUT2D eigenvalue weighted by molar-refractivity contribution is -0.668. The lowest BCUT2D eigenvalue weighted by Crippen LogP contribution is -2.30. The van der Waals surface area contributed by atoms with Gasteiger partial charge in [0.25, 0.3) is 0 Å². The summed E-state index contributed by atoms with van der Waals surface area (Å²) in [6.45, 7) is 6.83. The highest BCUT2D eigenvalue weighted by molar-refractivity contribution is 5.87. The van der Waals surface area contributed by atoms with Crippen LogP contribution in [0.15, 0.2) is 42.6 Å². The highest BCUT2D eigenvalue weighted by atomic mass is 19.1. The van der Waals surface area contributed by atoms with Crippen molar-refractivity contribution in [2.75, 3.05) is 0 Å². The van der Waals surface area contributed by atoms with Crippen molar-refractivity contribution < 1.29 is 14.0 Å². The Morgan fingerprint density at radius 3 is 2.68 bits per heavy atom. The topological polar surface area (TPSA) is 54.0 Å². The lowest BCUT2D eigenvalue weighted by Gasteiger charge is -2.09. The van der Waals surface area contributed by atoms with E-state index >= 15 is 0 Å². The van der Waals surface area contributed by atoms with Crippen molar-refractivity contribution in [1.82, 2.24) is 9.67 Å². The Hall–Kier alpha value is -2.89. The van der Waals surface area contributed by atoms with Crippen LogP contribution in [0.3, 0.4) is 0 Å². The minimum Gasteiger partial charge on any atom is -0.594 e. The zero-order valence-electron chi connectivity index (χ0n) is 14.5. The molecule has 0 spiro atoms. The van der Waals surface area contributed by atoms with Gasteiger partial charge < -0.3 is 14.5 Å². The van der Waals surface area contributed by atoms with E-state index in [-0.39, 0.29) is 18.3 Å². The largest absolute Gasteiger partial charge is 0.594 e. The third-order valence-corrected chi connectivity index (χ3v) is 4.32. The van der Waals surface area contributed by atoms with Gasteiger partial charge in [-0.15, -0.1) is 0 Å². The normalized spacial score (nSPS) is 11.5. The molecule has 3 aromatic rings. The van der Waals surface area contributed by atoms with Crippen molar-refractivity contribution in [1.29, 1.82) is 0 Å². The molecular weight excluding hydrogens is 321 g/mol. The molecule has 0 amide bonds. The number of aromatic nitrogens is 3. The van der Waals surface area contributed by atoms with Crippen molar-refractivity contribution >= 4 is 10.9 Å². The molecule has 130 valence electrons. The van der Waals surface area contributed by atoms with E-state index in [2.05, 4.69) is 9.67 Å². The fraction of sp³-hybridized carbons (Fsp3) is 0.263. The molecule has 0 aliphatic rings. The number of fused-ring (bicyclic) bond motifs is 1. The molecule has 3 rings (SSSR count). The molecule has 0 unspecified atom stereocenters. The van der Waals surface area contributed by atoms with Crippen LogP contribution in [-0.4, -0.2) is 9.67 Å². The molecule has 0 fully saturated rings. The summed E-state index contributed by atoms with van der Waals surface area (Å²) in [6, 6.07) is 6.05. The third-order valence-electron chi connectivity index (χ3n) is 4.32. The zero-order valence-corrected chi connectivity index (χ0v) is 14.5. The van der Waals surface area contributed by atoms with Gasteiger partial charge in [0.05, 0.1) is 10.5 Å². The number of nitrogens with zero attached hydrogens (tertiary/aromatic N) is 3. The van der Waals surface area contributed by atoms with Gasteiger partial charge in [-0.25, -0.2) is 4.39 Å². The van der Waals surface area contributed by atoms with Crippen LogP contribution in [0.5, 0.6) is 5.88 Å². The quantitative estimate of drug-likeness (QED) is 0.405. The van der Waals surface area contributed by atoms with Crippen LogP contribution in [-0.2, 0) is 13.2 Å². The predicted molar refractivity (Wildman–Crippen MR) is 93.7 cm³/mol. The van der Waals surface area contributed by atoms with E-state index in [1.54, 1.807) is 12.1 Å². The molecule has 25 heavy (non-hydrogen) atoms. The standard InChI is InChI=1S/C19H20FN3O2/c1-4-5-10-22-14(3)13(2)17-11-23(24)21-19(18(17)22)25-12-15-6-8-16(20)9-7-15/h4-9,11H,10,12H2,1-3H3/b5-4+. The van der Waals surface area contributed by atoms with Crippen LogP contribution in [0.2, 0.25) is 0 Å². The molecule has 0 atom stereocenters. The molecule has 5 nitrogen and oxygen atoms in total. The van der Waals surface area contributed by atoms with Gasteiger partial charge >= 0.3 is 5.88 Å². The van der Waals surface area contributed by atoms with Gasteiger partial charge in [0.15, 0.2) is 0 Å². The molecule has 2 aromatic heterocycles. The Morgan fingerprint density at radius 2 is 2.00 bits per heavy atom. The summed E-state index contributed by atoms with van der Waals surface area (Å²) in [5.41, 5.74) is 3.69. The summed E-state index contributed by atoms with van der Waals surface area (Å²) in [6.07, 6.45) is 5.48. The maximum atomic E-state index is 13.0. The van der Waals surface area contributed by atoms with E-state index in [4.69, 9.17) is 4.74 Å². The summed E-state index contributed by atoms with van der Waals surface area (Å²) < 4.78 is 20.9. The molecule has 0 bridgehead atoms. The Morgan fingerprint density at radius 1 is 1.28 bits per heavy atom. The Bertz CT molecular complexity index is 930. The van der Waals surface area contributed by atoms with Gasteiger partial charge in [-0.3, -0.25) is 0 Å². The molecule has 0 aliphatic carbocycles. The first-order chi connectivity index (χ1) is 12.0. The van der Waals surface area contributed by atoms with E-state index in [0.717, 1.165) is 27.7 Å². The summed E-state index contributed by atoms with van der Waals surface area (Å²) in [4.78, 5) is 0.523. The average molecular weight is 341 g/mol. The van der Waals surface area contributed by atoms with Crippen molar-refractivity contribution in [2.45, 2.75) is 33.9 Å². The average Bonchev–Trinajstić information content (AvgIpc) is 2.84. The minimum atomic E-state index is -0.298. The fourth-order valence-electron chi connectivity index (χ4n) is 2.82. The first-order valence-electron chi connectivity index (χ1n) is 8.09. The second-order valence-electron chi connectivity index (χ2n) is 5.90. The maximum Gasteiger partial charge on any atom is 0.305 e. The zero-order chi connectivity index (χ0) is 18.0. The number of benzene rings is 1. The van der Waals surface area contributed by atoms with Gasteiger partial charge in [0.2, 0.25) is 6.20 Å². The van der Waals surface area contributed by atoms with E-state index < -0.39 is 0 Å². The molecule has 1 aromatic carbocycles. The SMILES string of the molecule is C/C=C/Cn1c(C)c(C)c2c[n+]([O-])nc(OCc3ccc(F)cc3)c21. The molecular formula is C19H20FN3O2. The first-order valence-corrected chi connectivity index (χ1v) is 8.09. The molecule has 0 radical (unpaired) electrons. The summed E-state index contributed by atoms with van der Waals surface area (Å²) >= 11 is 0. The number of aryl methyl sites for hydroxylation is 1.